The molecule has 0 saturated carbocycles. The van der Waals surface area contributed by atoms with Crippen molar-refractivity contribution in [1.82, 2.24) is 5.32 Å². The van der Waals surface area contributed by atoms with Crippen molar-refractivity contribution >= 4 is 31.9 Å². The molecule has 0 aliphatic carbocycles. The Morgan fingerprint density at radius 2 is 1.87 bits per heavy atom. The average Bonchev–Trinajstić information content (AvgIpc) is 2.52. The third kappa shape index (κ3) is 4.54. The molecule has 2 rings (SSSR count). The molecule has 0 bridgehead atoms. The van der Waals surface area contributed by atoms with Crippen molar-refractivity contribution in [2.45, 2.75) is 11.4 Å². The summed E-state index contributed by atoms with van der Waals surface area (Å²) in [6.45, 7) is 0.271. The van der Waals surface area contributed by atoms with Gasteiger partial charge in [-0.1, -0.05) is 12.1 Å². The number of carbonyl (C=O) groups is 1. The molecule has 0 saturated heterocycles. The second-order valence-corrected chi connectivity index (χ2v) is 7.14. The van der Waals surface area contributed by atoms with E-state index in [0.717, 1.165) is 5.56 Å². The van der Waals surface area contributed by atoms with Crippen molar-refractivity contribution in [3.63, 3.8) is 0 Å². The van der Waals surface area contributed by atoms with Crippen LogP contribution in [0, 0.1) is 0 Å². The van der Waals surface area contributed by atoms with Gasteiger partial charge in [-0.2, -0.15) is 0 Å². The number of ether oxygens (including phenoxy) is 1. The summed E-state index contributed by atoms with van der Waals surface area (Å²) in [6.07, 6.45) is 0. The number of carbonyl (C=O) groups excluding carboxylic acids is 1. The topological polar surface area (TPSA) is 98.5 Å². The Kier molecular flexibility index (Phi) is 5.40. The second-order valence-electron chi connectivity index (χ2n) is 4.72. The van der Waals surface area contributed by atoms with E-state index in [2.05, 4.69) is 21.2 Å². The first kappa shape index (κ1) is 17.5. The minimum atomic E-state index is -3.71. The van der Waals surface area contributed by atoms with Gasteiger partial charge in [0.05, 0.1) is 16.5 Å². The number of methoxy groups -OCH3 is 1. The molecular formula is C15H15BrN2O4S. The Labute approximate surface area is 142 Å². The number of halogens is 1. The van der Waals surface area contributed by atoms with Crippen molar-refractivity contribution in [2.24, 2.45) is 5.14 Å². The van der Waals surface area contributed by atoms with Gasteiger partial charge < -0.3 is 10.1 Å². The van der Waals surface area contributed by atoms with Crippen LogP contribution in [0.3, 0.4) is 0 Å². The summed E-state index contributed by atoms with van der Waals surface area (Å²) < 4.78 is 28.1. The predicted molar refractivity (Wildman–Crippen MR) is 89.7 cm³/mol. The van der Waals surface area contributed by atoms with Gasteiger partial charge in [0.25, 0.3) is 5.91 Å². The first-order valence-corrected chi connectivity index (χ1v) is 8.88. The summed E-state index contributed by atoms with van der Waals surface area (Å²) in [5.74, 6) is 0.393. The lowest BCUT2D eigenvalue weighted by molar-refractivity contribution is 0.0951. The highest BCUT2D eigenvalue weighted by atomic mass is 79.9. The van der Waals surface area contributed by atoms with Crippen molar-refractivity contribution in [3.05, 3.63) is 58.1 Å². The molecule has 8 heteroatoms. The van der Waals surface area contributed by atoms with E-state index in [1.807, 2.05) is 0 Å². The molecule has 0 spiro atoms. The number of hydrogen-bond acceptors (Lipinski definition) is 4. The summed E-state index contributed by atoms with van der Waals surface area (Å²) in [4.78, 5) is 12.1. The number of hydrogen-bond donors (Lipinski definition) is 2. The summed E-state index contributed by atoms with van der Waals surface area (Å²) >= 11 is 3.32. The number of benzene rings is 2. The van der Waals surface area contributed by atoms with Crippen LogP contribution in [0.1, 0.15) is 15.9 Å². The van der Waals surface area contributed by atoms with Crippen LogP contribution in [-0.2, 0) is 16.6 Å². The fourth-order valence-corrected chi connectivity index (χ4v) is 2.95. The van der Waals surface area contributed by atoms with Crippen LogP contribution in [0.4, 0.5) is 0 Å². The summed E-state index contributed by atoms with van der Waals surface area (Å²) in [7, 11) is -2.16. The molecule has 122 valence electrons. The highest BCUT2D eigenvalue weighted by Crippen LogP contribution is 2.25. The van der Waals surface area contributed by atoms with Crippen molar-refractivity contribution in [3.8, 4) is 5.75 Å². The minimum absolute atomic E-state index is 0.0339. The maximum absolute atomic E-state index is 12.1. The molecule has 2 aromatic rings. The van der Waals surface area contributed by atoms with Gasteiger partial charge in [-0.05, 0) is 51.8 Å². The zero-order valence-electron chi connectivity index (χ0n) is 12.2. The number of nitrogens with one attached hydrogen (secondary N) is 1. The monoisotopic (exact) mass is 398 g/mol. The normalized spacial score (nSPS) is 11.1. The van der Waals surface area contributed by atoms with Crippen LogP contribution in [0.25, 0.3) is 0 Å². The number of amides is 1. The number of rotatable bonds is 5. The zero-order valence-corrected chi connectivity index (χ0v) is 14.6. The van der Waals surface area contributed by atoms with E-state index in [1.165, 1.54) is 12.1 Å². The number of nitrogens with two attached hydrogens (primary N) is 1. The molecule has 6 nitrogen and oxygen atoms in total. The standard InChI is InChI=1S/C15H15BrN2O4S/c1-22-14-7-4-11(8-13(14)16)15(19)18-9-10-2-5-12(6-3-10)23(17,20)21/h2-8H,9H2,1H3,(H,18,19)(H2,17,20,21). The van der Waals surface area contributed by atoms with Crippen LogP contribution >= 0.6 is 15.9 Å². The Balaban J connectivity index is 2.03. The molecule has 23 heavy (non-hydrogen) atoms. The van der Waals surface area contributed by atoms with E-state index in [-0.39, 0.29) is 17.3 Å². The first-order valence-electron chi connectivity index (χ1n) is 6.55. The van der Waals surface area contributed by atoms with Gasteiger partial charge in [-0.15, -0.1) is 0 Å². The quantitative estimate of drug-likeness (QED) is 0.804. The number of sulfonamides is 1. The maximum atomic E-state index is 12.1. The molecule has 1 amide bonds. The van der Waals surface area contributed by atoms with E-state index in [4.69, 9.17) is 9.88 Å². The van der Waals surface area contributed by atoms with E-state index in [0.29, 0.717) is 15.8 Å². The van der Waals surface area contributed by atoms with Crippen molar-refractivity contribution in [1.29, 1.82) is 0 Å². The van der Waals surface area contributed by atoms with Gasteiger partial charge in [0, 0.05) is 12.1 Å². The Hall–Kier alpha value is -1.90. The van der Waals surface area contributed by atoms with Gasteiger partial charge in [0.1, 0.15) is 5.75 Å². The largest absolute Gasteiger partial charge is 0.496 e. The first-order chi connectivity index (χ1) is 10.8. The minimum Gasteiger partial charge on any atom is -0.496 e. The third-order valence-corrected chi connectivity index (χ3v) is 4.67. The molecule has 0 heterocycles. The summed E-state index contributed by atoms with van der Waals surface area (Å²) in [5.41, 5.74) is 1.25. The van der Waals surface area contributed by atoms with Crippen molar-refractivity contribution in [2.75, 3.05) is 7.11 Å². The molecule has 0 aliphatic heterocycles. The second kappa shape index (κ2) is 7.12. The Bertz CT molecular complexity index is 820. The molecule has 0 atom stereocenters. The van der Waals surface area contributed by atoms with Crippen LogP contribution in [0.15, 0.2) is 51.8 Å². The van der Waals surface area contributed by atoms with Gasteiger partial charge >= 0.3 is 0 Å². The van der Waals surface area contributed by atoms with Gasteiger partial charge in [0.2, 0.25) is 10.0 Å². The SMILES string of the molecule is COc1ccc(C(=O)NCc2ccc(S(N)(=O)=O)cc2)cc1Br. The molecule has 0 unspecified atom stereocenters. The third-order valence-electron chi connectivity index (χ3n) is 3.12. The lowest BCUT2D eigenvalue weighted by Crippen LogP contribution is -2.22. The Morgan fingerprint density at radius 1 is 1.22 bits per heavy atom. The van der Waals surface area contributed by atoms with E-state index in [1.54, 1.807) is 37.4 Å². The summed E-state index contributed by atoms with van der Waals surface area (Å²) in [5, 5.41) is 7.79. The highest BCUT2D eigenvalue weighted by Gasteiger charge is 2.10. The lowest BCUT2D eigenvalue weighted by atomic mass is 10.2. The predicted octanol–water partition coefficient (Wildman–Crippen LogP) is 2.04. The lowest BCUT2D eigenvalue weighted by Gasteiger charge is -2.08. The van der Waals surface area contributed by atoms with E-state index < -0.39 is 10.0 Å². The van der Waals surface area contributed by atoms with Crippen LogP contribution in [0.2, 0.25) is 0 Å². The van der Waals surface area contributed by atoms with Crippen LogP contribution < -0.4 is 15.2 Å². The molecule has 2 aromatic carbocycles. The zero-order chi connectivity index (χ0) is 17.0. The van der Waals surface area contributed by atoms with Crippen LogP contribution in [0.5, 0.6) is 5.75 Å². The molecular weight excluding hydrogens is 384 g/mol. The molecule has 0 aromatic heterocycles. The smallest absolute Gasteiger partial charge is 0.251 e. The van der Waals surface area contributed by atoms with E-state index >= 15 is 0 Å². The van der Waals surface area contributed by atoms with Gasteiger partial charge in [0.15, 0.2) is 0 Å². The highest BCUT2D eigenvalue weighted by molar-refractivity contribution is 9.10. The number of primary sulfonamides is 1. The maximum Gasteiger partial charge on any atom is 0.251 e. The molecule has 0 aliphatic rings. The Morgan fingerprint density at radius 3 is 2.39 bits per heavy atom. The van der Waals surface area contributed by atoms with Gasteiger partial charge in [-0.3, -0.25) is 4.79 Å². The molecule has 3 N–H and O–H groups in total. The van der Waals surface area contributed by atoms with E-state index in [9.17, 15) is 13.2 Å². The van der Waals surface area contributed by atoms with Crippen LogP contribution in [-0.4, -0.2) is 21.4 Å². The molecule has 0 fully saturated rings. The summed E-state index contributed by atoms with van der Waals surface area (Å²) in [6, 6.07) is 11.0. The fraction of sp³-hybridized carbons (Fsp3) is 0.133. The van der Waals surface area contributed by atoms with Gasteiger partial charge in [-0.25, -0.2) is 13.6 Å². The molecule has 0 radical (unpaired) electrons. The fourth-order valence-electron chi connectivity index (χ4n) is 1.89. The average molecular weight is 399 g/mol. The van der Waals surface area contributed by atoms with Crippen molar-refractivity contribution < 1.29 is 17.9 Å².